The number of benzene rings is 1. The minimum absolute atomic E-state index is 0.572. The summed E-state index contributed by atoms with van der Waals surface area (Å²) < 4.78 is 15.8. The highest BCUT2D eigenvalue weighted by Gasteiger charge is 2.12. The summed E-state index contributed by atoms with van der Waals surface area (Å²) in [5.41, 5.74) is 1.05. The zero-order chi connectivity index (χ0) is 14.1. The Bertz CT molecular complexity index is 416. The third-order valence-corrected chi connectivity index (χ3v) is 2.70. The van der Waals surface area contributed by atoms with E-state index in [2.05, 4.69) is 11.4 Å². The van der Waals surface area contributed by atoms with E-state index < -0.39 is 0 Å². The summed E-state index contributed by atoms with van der Waals surface area (Å²) in [4.78, 5) is 0. The molecule has 1 N–H and O–H groups in total. The predicted molar refractivity (Wildman–Crippen MR) is 72.7 cm³/mol. The molecular formula is C14H20N2O3. The Labute approximate surface area is 114 Å². The molecule has 0 bridgehead atoms. The Hall–Kier alpha value is -1.93. The first kappa shape index (κ1) is 15.1. The molecule has 0 unspecified atom stereocenters. The third-order valence-electron chi connectivity index (χ3n) is 2.70. The van der Waals surface area contributed by atoms with E-state index in [1.54, 1.807) is 21.3 Å². The first-order valence-corrected chi connectivity index (χ1v) is 6.13. The fourth-order valence-electron chi connectivity index (χ4n) is 1.76. The van der Waals surface area contributed by atoms with Gasteiger partial charge in [0.05, 0.1) is 27.4 Å². The van der Waals surface area contributed by atoms with Gasteiger partial charge in [-0.3, -0.25) is 0 Å². The number of nitrogens with zero attached hydrogens (tertiary/aromatic N) is 1. The molecule has 0 aliphatic carbocycles. The first-order chi connectivity index (χ1) is 9.26. The number of methoxy groups -OCH3 is 3. The van der Waals surface area contributed by atoms with Gasteiger partial charge in [-0.05, 0) is 30.7 Å². The molecular weight excluding hydrogens is 244 g/mol. The van der Waals surface area contributed by atoms with Crippen LogP contribution in [0.5, 0.6) is 17.2 Å². The number of ether oxygens (including phenoxy) is 3. The van der Waals surface area contributed by atoms with Gasteiger partial charge in [0.15, 0.2) is 11.5 Å². The van der Waals surface area contributed by atoms with Crippen LogP contribution in [0, 0.1) is 11.3 Å². The third kappa shape index (κ3) is 4.34. The van der Waals surface area contributed by atoms with Crippen molar-refractivity contribution in [2.75, 3.05) is 27.9 Å². The fourth-order valence-corrected chi connectivity index (χ4v) is 1.76. The van der Waals surface area contributed by atoms with Gasteiger partial charge in [0.25, 0.3) is 0 Å². The maximum Gasteiger partial charge on any atom is 0.203 e. The lowest BCUT2D eigenvalue weighted by Crippen LogP contribution is -2.14. The van der Waals surface area contributed by atoms with Crippen molar-refractivity contribution in [2.45, 2.75) is 19.4 Å². The molecule has 1 aromatic carbocycles. The molecule has 0 radical (unpaired) electrons. The van der Waals surface area contributed by atoms with Crippen LogP contribution in [0.3, 0.4) is 0 Å². The monoisotopic (exact) mass is 264 g/mol. The zero-order valence-corrected chi connectivity index (χ0v) is 11.7. The molecule has 0 aliphatic rings. The summed E-state index contributed by atoms with van der Waals surface area (Å²) in [7, 11) is 4.78. The molecule has 0 saturated heterocycles. The van der Waals surface area contributed by atoms with Crippen molar-refractivity contribution in [2.24, 2.45) is 0 Å². The molecule has 0 spiro atoms. The van der Waals surface area contributed by atoms with E-state index in [-0.39, 0.29) is 0 Å². The number of hydrogen-bond donors (Lipinski definition) is 1. The van der Waals surface area contributed by atoms with Crippen molar-refractivity contribution < 1.29 is 14.2 Å². The predicted octanol–water partition coefficient (Wildman–Crippen LogP) is 2.11. The number of unbranched alkanes of at least 4 members (excludes halogenated alkanes) is 1. The van der Waals surface area contributed by atoms with Crippen LogP contribution < -0.4 is 19.5 Å². The summed E-state index contributed by atoms with van der Waals surface area (Å²) >= 11 is 0. The standard InChI is InChI=1S/C14H20N2O3/c1-17-12-8-11(10-16-7-5-4-6-15)9-13(18-2)14(12)19-3/h8-9,16H,4-5,7,10H2,1-3H3. The van der Waals surface area contributed by atoms with Crippen LogP contribution in [-0.2, 0) is 6.54 Å². The topological polar surface area (TPSA) is 63.5 Å². The second-order valence-electron chi connectivity index (χ2n) is 3.97. The van der Waals surface area contributed by atoms with Gasteiger partial charge < -0.3 is 19.5 Å². The van der Waals surface area contributed by atoms with Gasteiger partial charge in [0.2, 0.25) is 5.75 Å². The van der Waals surface area contributed by atoms with Crippen LogP contribution in [0.15, 0.2) is 12.1 Å². The van der Waals surface area contributed by atoms with Gasteiger partial charge in [0, 0.05) is 13.0 Å². The van der Waals surface area contributed by atoms with E-state index in [1.165, 1.54) is 0 Å². The summed E-state index contributed by atoms with van der Waals surface area (Å²) in [6.45, 7) is 1.51. The van der Waals surface area contributed by atoms with E-state index >= 15 is 0 Å². The first-order valence-electron chi connectivity index (χ1n) is 6.13. The molecule has 5 nitrogen and oxygen atoms in total. The van der Waals surface area contributed by atoms with Gasteiger partial charge in [-0.15, -0.1) is 0 Å². The average molecular weight is 264 g/mol. The quantitative estimate of drug-likeness (QED) is 0.728. The molecule has 0 aromatic heterocycles. The summed E-state index contributed by atoms with van der Waals surface area (Å²) in [5.74, 6) is 1.89. The number of nitriles is 1. The normalized spacial score (nSPS) is 9.79. The van der Waals surface area contributed by atoms with Crippen molar-refractivity contribution in [1.82, 2.24) is 5.32 Å². The SMILES string of the molecule is COc1cc(CNCCCC#N)cc(OC)c1OC. The minimum atomic E-state index is 0.572. The fraction of sp³-hybridized carbons (Fsp3) is 0.500. The molecule has 1 rings (SSSR count). The molecule has 0 fully saturated rings. The summed E-state index contributed by atoms with van der Waals surface area (Å²) in [6, 6.07) is 5.95. The number of rotatable bonds is 8. The highest BCUT2D eigenvalue weighted by atomic mass is 16.5. The second kappa shape index (κ2) is 8.22. The summed E-state index contributed by atoms with van der Waals surface area (Å²) in [6.07, 6.45) is 1.42. The van der Waals surface area contributed by atoms with Gasteiger partial charge in [0.1, 0.15) is 0 Å². The maximum atomic E-state index is 8.45. The van der Waals surface area contributed by atoms with Crippen LogP contribution >= 0.6 is 0 Å². The maximum absolute atomic E-state index is 8.45. The van der Waals surface area contributed by atoms with Crippen LogP contribution in [0.2, 0.25) is 0 Å². The molecule has 0 heterocycles. The van der Waals surface area contributed by atoms with Crippen molar-refractivity contribution in [3.8, 4) is 23.3 Å². The Morgan fingerprint density at radius 3 is 2.21 bits per heavy atom. The smallest absolute Gasteiger partial charge is 0.203 e. The van der Waals surface area contributed by atoms with E-state index in [1.807, 2.05) is 12.1 Å². The largest absolute Gasteiger partial charge is 0.493 e. The van der Waals surface area contributed by atoms with E-state index in [4.69, 9.17) is 19.5 Å². The van der Waals surface area contributed by atoms with Crippen LogP contribution in [0.25, 0.3) is 0 Å². The Morgan fingerprint density at radius 1 is 1.11 bits per heavy atom. The zero-order valence-electron chi connectivity index (χ0n) is 11.7. The molecule has 0 aliphatic heterocycles. The molecule has 5 heteroatoms. The molecule has 0 amide bonds. The van der Waals surface area contributed by atoms with Crippen molar-refractivity contribution in [3.05, 3.63) is 17.7 Å². The molecule has 0 atom stereocenters. The van der Waals surface area contributed by atoms with E-state index in [0.29, 0.717) is 30.2 Å². The van der Waals surface area contributed by atoms with Crippen molar-refractivity contribution in [1.29, 1.82) is 5.26 Å². The van der Waals surface area contributed by atoms with Crippen molar-refractivity contribution >= 4 is 0 Å². The van der Waals surface area contributed by atoms with Crippen LogP contribution in [-0.4, -0.2) is 27.9 Å². The Morgan fingerprint density at radius 2 is 1.74 bits per heavy atom. The van der Waals surface area contributed by atoms with Gasteiger partial charge in [-0.2, -0.15) is 5.26 Å². The van der Waals surface area contributed by atoms with Gasteiger partial charge >= 0.3 is 0 Å². The Kier molecular flexibility index (Phi) is 6.55. The summed E-state index contributed by atoms with van der Waals surface area (Å²) in [5, 5.41) is 11.7. The lowest BCUT2D eigenvalue weighted by Gasteiger charge is -2.14. The van der Waals surface area contributed by atoms with E-state index in [9.17, 15) is 0 Å². The van der Waals surface area contributed by atoms with Gasteiger partial charge in [-0.1, -0.05) is 0 Å². The number of nitrogens with one attached hydrogen (secondary N) is 1. The lowest BCUT2D eigenvalue weighted by molar-refractivity contribution is 0.323. The molecule has 104 valence electrons. The highest BCUT2D eigenvalue weighted by Crippen LogP contribution is 2.38. The van der Waals surface area contributed by atoms with Crippen LogP contribution in [0.4, 0.5) is 0 Å². The lowest BCUT2D eigenvalue weighted by atomic mass is 10.1. The van der Waals surface area contributed by atoms with Crippen molar-refractivity contribution in [3.63, 3.8) is 0 Å². The minimum Gasteiger partial charge on any atom is -0.493 e. The molecule has 0 saturated carbocycles. The van der Waals surface area contributed by atoms with Gasteiger partial charge in [-0.25, -0.2) is 0 Å². The van der Waals surface area contributed by atoms with Crippen LogP contribution in [0.1, 0.15) is 18.4 Å². The average Bonchev–Trinajstić information content (AvgIpc) is 2.45. The second-order valence-corrected chi connectivity index (χ2v) is 3.97. The highest BCUT2D eigenvalue weighted by molar-refractivity contribution is 5.53. The Balaban J connectivity index is 2.71. The number of hydrogen-bond acceptors (Lipinski definition) is 5. The molecule has 19 heavy (non-hydrogen) atoms. The molecule has 1 aromatic rings. The van der Waals surface area contributed by atoms with E-state index in [0.717, 1.165) is 18.5 Å².